The molecule has 7 nitrogen and oxygen atoms in total. The molecule has 0 spiro atoms. The summed E-state index contributed by atoms with van der Waals surface area (Å²) in [6, 6.07) is 4.10. The van der Waals surface area contributed by atoms with Gasteiger partial charge in [-0.15, -0.1) is 0 Å². The zero-order chi connectivity index (χ0) is 19.3. The molecule has 1 N–H and O–H groups in total. The standard InChI is InChI=1S/C21H27N5O2/c1-14-22-10-15(11-23-14)12-25-17-4-5-18(25)9-21(28,8-17)13-26-20(27)7-6-19(24-26)16-2-3-16/h6-7,10-11,16-18,28H,2-5,8-9,12-13H2,1H3/t17-,18+,21?. The Balaban J connectivity index is 1.31. The molecule has 2 bridgehead atoms. The fourth-order valence-corrected chi connectivity index (χ4v) is 4.97. The van der Waals surface area contributed by atoms with Gasteiger partial charge in [-0.3, -0.25) is 9.69 Å². The summed E-state index contributed by atoms with van der Waals surface area (Å²) in [5.41, 5.74) is 1.11. The first-order chi connectivity index (χ1) is 13.5. The predicted octanol–water partition coefficient (Wildman–Crippen LogP) is 1.78. The molecule has 0 aromatic carbocycles. The van der Waals surface area contributed by atoms with Gasteiger partial charge in [0, 0.05) is 48.6 Å². The van der Waals surface area contributed by atoms with E-state index in [-0.39, 0.29) is 5.56 Å². The average molecular weight is 381 g/mol. The number of piperidine rings is 1. The van der Waals surface area contributed by atoms with Crippen molar-refractivity contribution in [2.24, 2.45) is 0 Å². The van der Waals surface area contributed by atoms with Gasteiger partial charge in [0.15, 0.2) is 0 Å². The first kappa shape index (κ1) is 17.9. The molecule has 1 aliphatic carbocycles. The molecule has 2 saturated heterocycles. The van der Waals surface area contributed by atoms with E-state index in [2.05, 4.69) is 20.0 Å². The molecule has 1 unspecified atom stereocenters. The molecule has 2 aromatic rings. The van der Waals surface area contributed by atoms with Crippen molar-refractivity contribution >= 4 is 0 Å². The number of aromatic nitrogens is 4. The summed E-state index contributed by atoms with van der Waals surface area (Å²) < 4.78 is 1.50. The monoisotopic (exact) mass is 381 g/mol. The second kappa shape index (κ2) is 6.74. The van der Waals surface area contributed by atoms with E-state index in [1.807, 2.05) is 25.4 Å². The number of rotatable bonds is 5. The molecule has 1 saturated carbocycles. The molecule has 148 valence electrons. The Morgan fingerprint density at radius 2 is 1.79 bits per heavy atom. The van der Waals surface area contributed by atoms with Crippen molar-refractivity contribution < 1.29 is 5.11 Å². The summed E-state index contributed by atoms with van der Waals surface area (Å²) in [5, 5.41) is 15.9. The molecule has 5 rings (SSSR count). The molecule has 7 heteroatoms. The van der Waals surface area contributed by atoms with Gasteiger partial charge in [-0.25, -0.2) is 14.6 Å². The van der Waals surface area contributed by atoms with Crippen LogP contribution in [0.15, 0.2) is 29.3 Å². The first-order valence-corrected chi connectivity index (χ1v) is 10.3. The predicted molar refractivity (Wildman–Crippen MR) is 104 cm³/mol. The van der Waals surface area contributed by atoms with Crippen LogP contribution in [0.25, 0.3) is 0 Å². The normalized spacial score (nSPS) is 29.9. The van der Waals surface area contributed by atoms with E-state index < -0.39 is 5.60 Å². The Morgan fingerprint density at radius 1 is 1.11 bits per heavy atom. The lowest BCUT2D eigenvalue weighted by atomic mass is 9.85. The zero-order valence-corrected chi connectivity index (χ0v) is 16.3. The SMILES string of the molecule is Cc1ncc(CN2[C@@H]3CC[C@H]2CC(O)(Cn2nc(C4CC4)ccc2=O)C3)cn1. The van der Waals surface area contributed by atoms with Crippen molar-refractivity contribution in [3.8, 4) is 0 Å². The highest BCUT2D eigenvalue weighted by molar-refractivity contribution is 5.13. The summed E-state index contributed by atoms with van der Waals surface area (Å²) in [6.07, 6.45) is 9.63. The molecule has 3 fully saturated rings. The summed E-state index contributed by atoms with van der Waals surface area (Å²) in [4.78, 5) is 23.4. The lowest BCUT2D eigenvalue weighted by Gasteiger charge is -2.43. The van der Waals surface area contributed by atoms with Gasteiger partial charge >= 0.3 is 0 Å². The third-order valence-electron chi connectivity index (χ3n) is 6.53. The van der Waals surface area contributed by atoms with Crippen molar-refractivity contribution in [3.05, 3.63) is 52.0 Å². The molecule has 28 heavy (non-hydrogen) atoms. The molecule has 0 radical (unpaired) electrons. The van der Waals surface area contributed by atoms with Crippen molar-refractivity contribution in [2.45, 2.75) is 82.1 Å². The fraction of sp³-hybridized carbons (Fsp3) is 0.619. The van der Waals surface area contributed by atoms with Gasteiger partial charge in [-0.05, 0) is 51.5 Å². The highest BCUT2D eigenvalue weighted by Gasteiger charge is 2.47. The van der Waals surface area contributed by atoms with Crippen molar-refractivity contribution in [1.82, 2.24) is 24.6 Å². The van der Waals surface area contributed by atoms with Crippen LogP contribution in [0, 0.1) is 6.92 Å². The van der Waals surface area contributed by atoms with Gasteiger partial charge in [0.1, 0.15) is 5.82 Å². The van der Waals surface area contributed by atoms with Gasteiger partial charge in [0.2, 0.25) is 0 Å². The van der Waals surface area contributed by atoms with Crippen LogP contribution in [0.2, 0.25) is 0 Å². The largest absolute Gasteiger partial charge is 0.388 e. The van der Waals surface area contributed by atoms with Crippen LogP contribution >= 0.6 is 0 Å². The lowest BCUT2D eigenvalue weighted by Crippen LogP contribution is -2.53. The Morgan fingerprint density at radius 3 is 2.43 bits per heavy atom. The maximum atomic E-state index is 12.3. The quantitative estimate of drug-likeness (QED) is 0.850. The smallest absolute Gasteiger partial charge is 0.266 e. The lowest BCUT2D eigenvalue weighted by molar-refractivity contribution is -0.0678. The van der Waals surface area contributed by atoms with E-state index in [9.17, 15) is 9.90 Å². The maximum Gasteiger partial charge on any atom is 0.266 e. The Bertz CT molecular complexity index is 907. The molecule has 2 aliphatic heterocycles. The highest BCUT2D eigenvalue weighted by Crippen LogP contribution is 2.42. The highest BCUT2D eigenvalue weighted by atomic mass is 16.3. The molecule has 3 atom stereocenters. The third kappa shape index (κ3) is 3.49. The second-order valence-corrected chi connectivity index (χ2v) is 8.86. The van der Waals surface area contributed by atoms with Crippen LogP contribution in [0.3, 0.4) is 0 Å². The van der Waals surface area contributed by atoms with E-state index in [0.717, 1.165) is 49.3 Å². The third-order valence-corrected chi connectivity index (χ3v) is 6.53. The molecule has 3 aliphatic rings. The van der Waals surface area contributed by atoms with Crippen LogP contribution in [0.5, 0.6) is 0 Å². The van der Waals surface area contributed by atoms with Crippen molar-refractivity contribution in [1.29, 1.82) is 0 Å². The van der Waals surface area contributed by atoms with Crippen LogP contribution in [0.1, 0.15) is 61.5 Å². The van der Waals surface area contributed by atoms with E-state index in [1.165, 1.54) is 4.68 Å². The first-order valence-electron chi connectivity index (χ1n) is 10.3. The van der Waals surface area contributed by atoms with Crippen LogP contribution in [-0.2, 0) is 13.1 Å². The maximum absolute atomic E-state index is 12.3. The van der Waals surface area contributed by atoms with Gasteiger partial charge in [0.05, 0.1) is 17.8 Å². The van der Waals surface area contributed by atoms with E-state index in [0.29, 0.717) is 37.4 Å². The number of aliphatic hydroxyl groups is 1. The average Bonchev–Trinajstić information content (AvgIpc) is 3.47. The summed E-state index contributed by atoms with van der Waals surface area (Å²) in [5.74, 6) is 1.28. The van der Waals surface area contributed by atoms with Gasteiger partial charge < -0.3 is 5.11 Å². The fourth-order valence-electron chi connectivity index (χ4n) is 4.97. The number of aryl methyl sites for hydroxylation is 1. The Labute approximate surface area is 164 Å². The molecule has 4 heterocycles. The van der Waals surface area contributed by atoms with Gasteiger partial charge in [0.25, 0.3) is 5.56 Å². The summed E-state index contributed by atoms with van der Waals surface area (Å²) in [6.45, 7) is 3.00. The minimum absolute atomic E-state index is 0.121. The summed E-state index contributed by atoms with van der Waals surface area (Å²) in [7, 11) is 0. The number of fused-ring (bicyclic) bond motifs is 2. The van der Waals surface area contributed by atoms with E-state index in [4.69, 9.17) is 0 Å². The molecule has 0 amide bonds. The Kier molecular flexibility index (Phi) is 4.32. The van der Waals surface area contributed by atoms with E-state index >= 15 is 0 Å². The summed E-state index contributed by atoms with van der Waals surface area (Å²) >= 11 is 0. The minimum atomic E-state index is -0.870. The second-order valence-electron chi connectivity index (χ2n) is 8.86. The number of nitrogens with zero attached hydrogens (tertiary/aromatic N) is 5. The van der Waals surface area contributed by atoms with Crippen molar-refractivity contribution in [3.63, 3.8) is 0 Å². The van der Waals surface area contributed by atoms with Crippen LogP contribution in [-0.4, -0.2) is 47.4 Å². The van der Waals surface area contributed by atoms with Gasteiger partial charge in [-0.2, -0.15) is 5.10 Å². The minimum Gasteiger partial charge on any atom is -0.388 e. The van der Waals surface area contributed by atoms with Crippen LogP contribution in [0.4, 0.5) is 0 Å². The zero-order valence-electron chi connectivity index (χ0n) is 16.3. The number of hydrogen-bond donors (Lipinski definition) is 1. The van der Waals surface area contributed by atoms with Gasteiger partial charge in [-0.1, -0.05) is 0 Å². The van der Waals surface area contributed by atoms with Crippen LogP contribution < -0.4 is 5.56 Å². The van der Waals surface area contributed by atoms with Crippen molar-refractivity contribution in [2.75, 3.05) is 0 Å². The topological polar surface area (TPSA) is 84.1 Å². The van der Waals surface area contributed by atoms with E-state index in [1.54, 1.807) is 6.07 Å². The molecular formula is C21H27N5O2. The molecule has 2 aromatic heterocycles. The Hall–Kier alpha value is -2.12. The molecular weight excluding hydrogens is 354 g/mol. The number of hydrogen-bond acceptors (Lipinski definition) is 6.